The van der Waals surface area contributed by atoms with Crippen molar-refractivity contribution >= 4 is 44.5 Å². The first-order valence-corrected chi connectivity index (χ1v) is 15.6. The lowest BCUT2D eigenvalue weighted by atomic mass is 9.95. The second kappa shape index (κ2) is 11.4. The van der Waals surface area contributed by atoms with E-state index in [1.165, 1.54) is 23.0 Å². The van der Waals surface area contributed by atoms with E-state index in [2.05, 4.69) is 78.8 Å². The minimum absolute atomic E-state index is 0.152. The van der Waals surface area contributed by atoms with Crippen LogP contribution >= 0.6 is 0 Å². The van der Waals surface area contributed by atoms with Crippen molar-refractivity contribution < 1.29 is 8.95 Å². The van der Waals surface area contributed by atoms with Crippen molar-refractivity contribution in [1.82, 2.24) is 19.9 Å². The van der Waals surface area contributed by atoms with E-state index < -0.39 is 9.73 Å². The fraction of sp³-hybridized carbons (Fsp3) is 0.429. The quantitative estimate of drug-likeness (QED) is 0.451. The summed E-state index contributed by atoms with van der Waals surface area (Å²) in [5, 5.41) is 16.1. The predicted octanol–water partition coefficient (Wildman–Crippen LogP) is 4.19. The van der Waals surface area contributed by atoms with Crippen molar-refractivity contribution in [1.29, 1.82) is 5.26 Å². The predicted molar refractivity (Wildman–Crippen MR) is 158 cm³/mol. The number of ether oxygens (including phenoxy) is 1. The van der Waals surface area contributed by atoms with E-state index in [4.69, 9.17) is 4.74 Å². The van der Waals surface area contributed by atoms with Gasteiger partial charge in [-0.15, -0.1) is 0 Å². The first kappa shape index (κ1) is 27.8. The third-order valence-corrected chi connectivity index (χ3v) is 7.35. The Hall–Kier alpha value is -3.79. The number of nitrogens with zero attached hydrogens (tertiary/aromatic N) is 7. The number of pyridine rings is 1. The van der Waals surface area contributed by atoms with Gasteiger partial charge in [0.1, 0.15) is 17.5 Å². The Labute approximate surface area is 235 Å². The molecule has 0 unspecified atom stereocenters. The van der Waals surface area contributed by atoms with Gasteiger partial charge in [0.05, 0.1) is 18.4 Å². The topological polar surface area (TPSA) is 132 Å². The lowest BCUT2D eigenvalue weighted by molar-refractivity contribution is -0.00528. The Kier molecular flexibility index (Phi) is 7.89. The fourth-order valence-corrected chi connectivity index (χ4v) is 5.74. The van der Waals surface area contributed by atoms with E-state index in [9.17, 15) is 9.47 Å². The van der Waals surface area contributed by atoms with Crippen LogP contribution in [-0.2, 0) is 27.4 Å². The van der Waals surface area contributed by atoms with Crippen LogP contribution in [0.5, 0.6) is 0 Å². The van der Waals surface area contributed by atoms with Crippen LogP contribution in [0, 0.1) is 11.3 Å². The van der Waals surface area contributed by atoms with Gasteiger partial charge >= 0.3 is 0 Å². The highest BCUT2D eigenvalue weighted by Crippen LogP contribution is 2.35. The smallest absolute Gasteiger partial charge is 0.229 e. The summed E-state index contributed by atoms with van der Waals surface area (Å²) in [4.78, 5) is 18.2. The van der Waals surface area contributed by atoms with Crippen LogP contribution in [0.1, 0.15) is 30.5 Å². The van der Waals surface area contributed by atoms with E-state index in [1.807, 2.05) is 0 Å². The lowest BCUT2D eigenvalue weighted by Crippen LogP contribution is -2.46. The molecule has 2 aliphatic rings. The van der Waals surface area contributed by atoms with Crippen molar-refractivity contribution in [2.45, 2.75) is 39.0 Å². The Morgan fingerprint density at radius 3 is 2.65 bits per heavy atom. The van der Waals surface area contributed by atoms with Gasteiger partial charge < -0.3 is 25.2 Å². The second-order valence-corrected chi connectivity index (χ2v) is 13.3. The Balaban J connectivity index is 1.46. The van der Waals surface area contributed by atoms with Crippen molar-refractivity contribution in [3.63, 3.8) is 0 Å². The molecule has 0 amide bonds. The van der Waals surface area contributed by atoms with Crippen LogP contribution in [0.4, 0.5) is 34.8 Å². The maximum atomic E-state index is 12.1. The summed E-state index contributed by atoms with van der Waals surface area (Å²) < 4.78 is 22.3. The number of anilines is 5. The van der Waals surface area contributed by atoms with Gasteiger partial charge in [-0.1, -0.05) is 6.07 Å². The second-order valence-electron chi connectivity index (χ2n) is 10.8. The zero-order valence-corrected chi connectivity index (χ0v) is 24.3. The Morgan fingerprint density at radius 1 is 1.15 bits per heavy atom. The largest absolute Gasteiger partial charge is 0.372 e. The maximum Gasteiger partial charge on any atom is 0.229 e. The van der Waals surface area contributed by atoms with Crippen LogP contribution in [0.25, 0.3) is 0 Å². The molecule has 2 aromatic heterocycles. The number of rotatable bonds is 6. The van der Waals surface area contributed by atoms with Crippen molar-refractivity contribution in [2.75, 3.05) is 54.7 Å². The highest BCUT2D eigenvalue weighted by atomic mass is 32.2. The first-order chi connectivity index (χ1) is 19.1. The van der Waals surface area contributed by atoms with Crippen LogP contribution in [0.3, 0.4) is 0 Å². The molecule has 5 rings (SSSR count). The van der Waals surface area contributed by atoms with Crippen LogP contribution < -0.4 is 15.5 Å². The molecule has 3 aromatic rings. The fourth-order valence-electron chi connectivity index (χ4n) is 5.19. The zero-order valence-electron chi connectivity index (χ0n) is 23.5. The van der Waals surface area contributed by atoms with E-state index >= 15 is 0 Å². The summed E-state index contributed by atoms with van der Waals surface area (Å²) in [6, 6.07) is 11.6. The molecule has 2 N–H and O–H groups in total. The van der Waals surface area contributed by atoms with Gasteiger partial charge in [-0.25, -0.2) is 14.2 Å². The molecule has 1 fully saturated rings. The standard InChI is InChI=1S/C28H35N9O2S/c1-18-15-37(16-19(2)39-18)24-12-22(11-20-17-36(3)10-9-23(20)24)31-28-30-14-21(13-29)27(34-28)33-25-7-6-8-26(32-25)35-40(4,5)38/h6-8,11-12,14,18-19H,9-10,15-17H2,1-5H3,(H2,30,31,32,33,34)/t18-,19-/m1/s1. The molecule has 1 saturated heterocycles. The van der Waals surface area contributed by atoms with Gasteiger partial charge in [0.25, 0.3) is 0 Å². The third kappa shape index (κ3) is 6.67. The molecule has 0 saturated carbocycles. The number of fused-ring (bicyclic) bond motifs is 1. The molecular weight excluding hydrogens is 526 g/mol. The van der Waals surface area contributed by atoms with E-state index in [0.29, 0.717) is 23.4 Å². The molecule has 12 heteroatoms. The number of nitriles is 1. The molecule has 0 radical (unpaired) electrons. The number of nitrogens with one attached hydrogen (secondary N) is 2. The number of benzene rings is 1. The van der Waals surface area contributed by atoms with Crippen molar-refractivity contribution in [2.24, 2.45) is 4.36 Å². The zero-order chi connectivity index (χ0) is 28.4. The average molecular weight is 562 g/mol. The van der Waals surface area contributed by atoms with Crippen molar-refractivity contribution in [3.05, 3.63) is 53.2 Å². The first-order valence-electron chi connectivity index (χ1n) is 13.3. The molecule has 0 bridgehead atoms. The highest BCUT2D eigenvalue weighted by molar-refractivity contribution is 7.92. The lowest BCUT2D eigenvalue weighted by Gasteiger charge is -2.39. The van der Waals surface area contributed by atoms with Crippen LogP contribution in [0.15, 0.2) is 40.9 Å². The summed E-state index contributed by atoms with van der Waals surface area (Å²) in [5.41, 5.74) is 5.03. The van der Waals surface area contributed by atoms with Gasteiger partial charge in [-0.05, 0) is 62.7 Å². The number of likely N-dealkylation sites (N-methyl/N-ethyl adjacent to an activating group) is 1. The van der Waals surface area contributed by atoms with Gasteiger partial charge in [0.2, 0.25) is 5.95 Å². The number of aromatic nitrogens is 3. The highest BCUT2D eigenvalue weighted by Gasteiger charge is 2.27. The third-order valence-electron chi connectivity index (χ3n) is 6.72. The van der Waals surface area contributed by atoms with Gasteiger partial charge in [-0.2, -0.15) is 14.6 Å². The minimum Gasteiger partial charge on any atom is -0.372 e. The summed E-state index contributed by atoms with van der Waals surface area (Å²) in [7, 11) is -0.228. The average Bonchev–Trinajstić information content (AvgIpc) is 2.87. The molecule has 4 heterocycles. The minimum atomic E-state index is -2.37. The molecule has 11 nitrogen and oxygen atoms in total. The molecule has 0 spiro atoms. The SMILES string of the molecule is C[C@@H]1CN(c2cc(Nc3ncc(C#N)c(Nc4cccc(N=S(C)(C)=O)n4)n3)cc3c2CCN(C)C3)C[C@@H](C)O1. The molecule has 40 heavy (non-hydrogen) atoms. The molecule has 0 aliphatic carbocycles. The number of morpholine rings is 1. The number of hydrogen-bond acceptors (Lipinski definition) is 11. The summed E-state index contributed by atoms with van der Waals surface area (Å²) >= 11 is 0. The number of hydrogen-bond donors (Lipinski definition) is 2. The Morgan fingerprint density at radius 2 is 1.93 bits per heavy atom. The summed E-state index contributed by atoms with van der Waals surface area (Å²) in [6.07, 6.45) is 5.88. The molecule has 1 aromatic carbocycles. The van der Waals surface area contributed by atoms with E-state index in [0.717, 1.165) is 38.3 Å². The molecule has 2 aliphatic heterocycles. The summed E-state index contributed by atoms with van der Waals surface area (Å²) in [6.45, 7) is 7.79. The Bertz CT molecular complexity index is 1560. The van der Waals surface area contributed by atoms with E-state index in [-0.39, 0.29) is 17.8 Å². The van der Waals surface area contributed by atoms with Gasteiger partial charge in [-0.3, -0.25) is 0 Å². The normalized spacial score (nSPS) is 19.4. The van der Waals surface area contributed by atoms with Crippen LogP contribution in [-0.4, -0.2) is 75.5 Å². The monoisotopic (exact) mass is 561 g/mol. The summed E-state index contributed by atoms with van der Waals surface area (Å²) in [5.74, 6) is 1.43. The van der Waals surface area contributed by atoms with E-state index in [1.54, 1.807) is 30.7 Å². The molecular formula is C28H35N9O2S. The molecule has 2 atom stereocenters. The van der Waals surface area contributed by atoms with Crippen LogP contribution in [0.2, 0.25) is 0 Å². The van der Waals surface area contributed by atoms with Gasteiger partial charge in [0, 0.05) is 59.8 Å². The molecule has 210 valence electrons. The maximum absolute atomic E-state index is 12.1. The van der Waals surface area contributed by atoms with Crippen molar-refractivity contribution in [3.8, 4) is 6.07 Å². The van der Waals surface area contributed by atoms with Gasteiger partial charge in [0.15, 0.2) is 11.6 Å².